The van der Waals surface area contributed by atoms with Crippen LogP contribution in [0, 0.1) is 6.92 Å². The van der Waals surface area contributed by atoms with Gasteiger partial charge in [-0.15, -0.1) is 0 Å². The number of carbonyl (C=O) groups excluding carboxylic acids is 1. The highest BCUT2D eigenvalue weighted by Gasteiger charge is 2.23. The maximum atomic E-state index is 13.1. The molecule has 1 fully saturated rings. The molecular formula is C23H26N4O2. The molecule has 150 valence electrons. The van der Waals surface area contributed by atoms with Gasteiger partial charge in [0, 0.05) is 43.3 Å². The van der Waals surface area contributed by atoms with Crippen molar-refractivity contribution in [3.8, 4) is 11.4 Å². The number of nitrogens with one attached hydrogen (secondary N) is 1. The topological polar surface area (TPSA) is 59.4 Å². The van der Waals surface area contributed by atoms with Gasteiger partial charge in [-0.3, -0.25) is 4.79 Å². The van der Waals surface area contributed by atoms with Crippen LogP contribution >= 0.6 is 0 Å². The van der Waals surface area contributed by atoms with E-state index in [4.69, 9.17) is 4.74 Å². The van der Waals surface area contributed by atoms with Crippen molar-refractivity contribution in [3.63, 3.8) is 0 Å². The van der Waals surface area contributed by atoms with Crippen LogP contribution in [0.4, 0.5) is 5.69 Å². The van der Waals surface area contributed by atoms with Crippen molar-refractivity contribution < 1.29 is 9.53 Å². The van der Waals surface area contributed by atoms with E-state index in [1.54, 1.807) is 19.6 Å². The molecule has 0 aliphatic carbocycles. The van der Waals surface area contributed by atoms with Gasteiger partial charge in [0.15, 0.2) is 0 Å². The van der Waals surface area contributed by atoms with Crippen LogP contribution in [0.1, 0.15) is 28.8 Å². The molecule has 1 aliphatic heterocycles. The summed E-state index contributed by atoms with van der Waals surface area (Å²) in [6.45, 7) is 3.76. The van der Waals surface area contributed by atoms with Gasteiger partial charge in [-0.2, -0.15) is 0 Å². The lowest BCUT2D eigenvalue weighted by Crippen LogP contribution is -2.48. The Labute approximate surface area is 171 Å². The summed E-state index contributed by atoms with van der Waals surface area (Å²) in [4.78, 5) is 19.6. The van der Waals surface area contributed by atoms with Gasteiger partial charge in [0.2, 0.25) is 0 Å². The fraction of sp³-hybridized carbons (Fsp3) is 0.304. The Morgan fingerprint density at radius 3 is 2.93 bits per heavy atom. The first-order valence-electron chi connectivity index (χ1n) is 9.93. The van der Waals surface area contributed by atoms with Crippen LogP contribution in [0.3, 0.4) is 0 Å². The Bertz CT molecular complexity index is 984. The number of ether oxygens (including phenoxy) is 1. The van der Waals surface area contributed by atoms with Crippen LogP contribution in [0.2, 0.25) is 0 Å². The quantitative estimate of drug-likeness (QED) is 0.723. The zero-order chi connectivity index (χ0) is 20.2. The molecule has 1 atom stereocenters. The molecule has 4 rings (SSSR count). The Hall–Kier alpha value is -3.28. The van der Waals surface area contributed by atoms with Crippen LogP contribution in [-0.4, -0.2) is 41.7 Å². The number of imidazole rings is 1. The molecule has 0 spiro atoms. The second-order valence-corrected chi connectivity index (χ2v) is 7.45. The largest absolute Gasteiger partial charge is 0.497 e. The lowest BCUT2D eigenvalue weighted by Gasteiger charge is -2.35. The molecule has 2 aromatic carbocycles. The summed E-state index contributed by atoms with van der Waals surface area (Å²) in [6.07, 6.45) is 7.29. The molecule has 1 aromatic heterocycles. The third-order valence-electron chi connectivity index (χ3n) is 5.35. The van der Waals surface area contributed by atoms with Crippen molar-refractivity contribution in [1.29, 1.82) is 0 Å². The lowest BCUT2D eigenvalue weighted by atomic mass is 10.0. The SMILES string of the molecule is COc1cccc(N2CCCC(NC(=O)c3cc(C)ccc3-n3ccnc3)C2)c1. The molecule has 6 heteroatoms. The van der Waals surface area contributed by atoms with Crippen LogP contribution in [0.25, 0.3) is 5.69 Å². The molecule has 6 nitrogen and oxygen atoms in total. The van der Waals surface area contributed by atoms with E-state index in [1.807, 2.05) is 54.1 Å². The van der Waals surface area contributed by atoms with Crippen molar-refractivity contribution in [2.45, 2.75) is 25.8 Å². The van der Waals surface area contributed by atoms with E-state index in [1.165, 1.54) is 0 Å². The molecule has 1 N–H and O–H groups in total. The van der Waals surface area contributed by atoms with E-state index in [0.29, 0.717) is 5.56 Å². The van der Waals surface area contributed by atoms with Gasteiger partial charge in [0.1, 0.15) is 5.75 Å². The van der Waals surface area contributed by atoms with Crippen molar-refractivity contribution in [2.24, 2.45) is 0 Å². The highest BCUT2D eigenvalue weighted by atomic mass is 16.5. The molecule has 0 saturated carbocycles. The Morgan fingerprint density at radius 1 is 1.24 bits per heavy atom. The van der Waals surface area contributed by atoms with E-state index in [-0.39, 0.29) is 11.9 Å². The van der Waals surface area contributed by atoms with Gasteiger partial charge in [-0.25, -0.2) is 4.98 Å². The van der Waals surface area contributed by atoms with Gasteiger partial charge < -0.3 is 19.5 Å². The number of carbonyl (C=O) groups is 1. The standard InChI is InChI=1S/C23H26N4O2/c1-17-8-9-22(27-12-10-24-16-27)21(13-17)23(28)25-18-5-4-11-26(15-18)19-6-3-7-20(14-19)29-2/h3,6-10,12-14,16,18H,4-5,11,15H2,1-2H3,(H,25,28). The number of piperidine rings is 1. The fourth-order valence-electron chi connectivity index (χ4n) is 3.86. The monoisotopic (exact) mass is 390 g/mol. The molecule has 1 unspecified atom stereocenters. The maximum absolute atomic E-state index is 13.1. The van der Waals surface area contributed by atoms with Crippen molar-refractivity contribution in [1.82, 2.24) is 14.9 Å². The zero-order valence-corrected chi connectivity index (χ0v) is 16.8. The van der Waals surface area contributed by atoms with E-state index in [9.17, 15) is 4.79 Å². The number of aryl methyl sites for hydroxylation is 1. The minimum Gasteiger partial charge on any atom is -0.497 e. The van der Waals surface area contributed by atoms with Gasteiger partial charge in [-0.05, 0) is 44.0 Å². The van der Waals surface area contributed by atoms with E-state index < -0.39 is 0 Å². The van der Waals surface area contributed by atoms with Crippen LogP contribution < -0.4 is 15.0 Å². The lowest BCUT2D eigenvalue weighted by molar-refractivity contribution is 0.0933. The molecule has 0 bridgehead atoms. The summed E-state index contributed by atoms with van der Waals surface area (Å²) in [5, 5.41) is 3.25. The highest BCUT2D eigenvalue weighted by Crippen LogP contribution is 2.25. The summed E-state index contributed by atoms with van der Waals surface area (Å²) in [5.74, 6) is 0.799. The fourth-order valence-corrected chi connectivity index (χ4v) is 3.86. The summed E-state index contributed by atoms with van der Waals surface area (Å²) in [5.41, 5.74) is 3.69. The van der Waals surface area contributed by atoms with Crippen LogP contribution in [0.5, 0.6) is 5.75 Å². The molecular weight excluding hydrogens is 364 g/mol. The molecule has 1 amide bonds. The number of aromatic nitrogens is 2. The third kappa shape index (κ3) is 4.26. The average molecular weight is 390 g/mol. The van der Waals surface area contributed by atoms with Crippen molar-refractivity contribution in [2.75, 3.05) is 25.1 Å². The molecule has 2 heterocycles. The Morgan fingerprint density at radius 2 is 2.14 bits per heavy atom. The number of hydrogen-bond acceptors (Lipinski definition) is 4. The molecule has 1 aliphatic rings. The molecule has 3 aromatic rings. The zero-order valence-electron chi connectivity index (χ0n) is 16.8. The number of benzene rings is 2. The smallest absolute Gasteiger partial charge is 0.253 e. The van der Waals surface area contributed by atoms with Crippen molar-refractivity contribution in [3.05, 3.63) is 72.3 Å². The first-order valence-corrected chi connectivity index (χ1v) is 9.93. The maximum Gasteiger partial charge on any atom is 0.253 e. The average Bonchev–Trinajstić information content (AvgIpc) is 3.28. The minimum atomic E-state index is -0.0464. The van der Waals surface area contributed by atoms with Crippen LogP contribution in [0.15, 0.2) is 61.2 Å². The van der Waals surface area contributed by atoms with Crippen LogP contribution in [-0.2, 0) is 0 Å². The highest BCUT2D eigenvalue weighted by molar-refractivity contribution is 5.98. The molecule has 1 saturated heterocycles. The Balaban J connectivity index is 1.51. The number of amides is 1. The van der Waals surface area contributed by atoms with E-state index in [0.717, 1.165) is 48.6 Å². The predicted molar refractivity (Wildman–Crippen MR) is 114 cm³/mol. The second-order valence-electron chi connectivity index (χ2n) is 7.45. The first kappa shape index (κ1) is 19.1. The second kappa shape index (κ2) is 8.39. The number of hydrogen-bond donors (Lipinski definition) is 1. The Kier molecular flexibility index (Phi) is 5.51. The summed E-state index contributed by atoms with van der Waals surface area (Å²) < 4.78 is 7.22. The predicted octanol–water partition coefficient (Wildman–Crippen LogP) is 3.59. The molecule has 29 heavy (non-hydrogen) atoms. The summed E-state index contributed by atoms with van der Waals surface area (Å²) in [7, 11) is 1.68. The van der Waals surface area contributed by atoms with Gasteiger partial charge in [0.05, 0.1) is 24.7 Å². The number of anilines is 1. The normalized spacial score (nSPS) is 16.5. The van der Waals surface area contributed by atoms with Gasteiger partial charge in [0.25, 0.3) is 5.91 Å². The minimum absolute atomic E-state index is 0.0464. The van der Waals surface area contributed by atoms with E-state index in [2.05, 4.69) is 21.3 Å². The summed E-state index contributed by atoms with van der Waals surface area (Å²) in [6, 6.07) is 14.1. The number of nitrogens with zero attached hydrogens (tertiary/aromatic N) is 3. The first-order chi connectivity index (χ1) is 14.1. The third-order valence-corrected chi connectivity index (χ3v) is 5.35. The number of methoxy groups -OCH3 is 1. The van der Waals surface area contributed by atoms with Crippen molar-refractivity contribution >= 4 is 11.6 Å². The summed E-state index contributed by atoms with van der Waals surface area (Å²) >= 11 is 0. The van der Waals surface area contributed by atoms with E-state index >= 15 is 0 Å². The van der Waals surface area contributed by atoms with Gasteiger partial charge in [-0.1, -0.05) is 17.7 Å². The molecule has 0 radical (unpaired) electrons. The number of rotatable bonds is 5. The van der Waals surface area contributed by atoms with Gasteiger partial charge >= 0.3 is 0 Å².